The van der Waals surface area contributed by atoms with Crippen LogP contribution in [0.1, 0.15) is 30.0 Å². The molecule has 122 valence electrons. The van der Waals surface area contributed by atoms with Crippen LogP contribution in [-0.2, 0) is 0 Å². The number of ether oxygens (including phenoxy) is 1. The highest BCUT2D eigenvalue weighted by atomic mass is 16.5. The standard InChI is InChI=1S/C19H24N2O2/c1-15-5-2-3-7-19(15)23-14-17(22)13-21-12-4-6-18(21)16-8-10-20-11-9-16/h2-3,5,7-11,17-18,22H,4,6,12-14H2,1H3. The van der Waals surface area contributed by atoms with Crippen LogP contribution in [-0.4, -0.2) is 40.8 Å². The topological polar surface area (TPSA) is 45.6 Å². The van der Waals surface area contributed by atoms with Crippen molar-refractivity contribution in [3.63, 3.8) is 0 Å². The summed E-state index contributed by atoms with van der Waals surface area (Å²) < 4.78 is 5.76. The monoisotopic (exact) mass is 312 g/mol. The second-order valence-corrected chi connectivity index (χ2v) is 6.16. The van der Waals surface area contributed by atoms with Gasteiger partial charge in [-0.2, -0.15) is 0 Å². The number of pyridine rings is 1. The van der Waals surface area contributed by atoms with Gasteiger partial charge in [-0.3, -0.25) is 9.88 Å². The maximum absolute atomic E-state index is 10.3. The molecule has 0 saturated carbocycles. The molecule has 1 saturated heterocycles. The first-order valence-electron chi connectivity index (χ1n) is 8.24. The van der Waals surface area contributed by atoms with Crippen molar-refractivity contribution >= 4 is 0 Å². The summed E-state index contributed by atoms with van der Waals surface area (Å²) in [5.41, 5.74) is 2.38. The van der Waals surface area contributed by atoms with Crippen LogP contribution in [0.15, 0.2) is 48.8 Å². The van der Waals surface area contributed by atoms with E-state index in [9.17, 15) is 5.11 Å². The van der Waals surface area contributed by atoms with Crippen molar-refractivity contribution in [1.82, 2.24) is 9.88 Å². The Kier molecular flexibility index (Phi) is 5.26. The molecule has 23 heavy (non-hydrogen) atoms. The highest BCUT2D eigenvalue weighted by molar-refractivity contribution is 5.31. The van der Waals surface area contributed by atoms with Crippen molar-refractivity contribution in [3.8, 4) is 5.75 Å². The molecule has 2 unspecified atom stereocenters. The lowest BCUT2D eigenvalue weighted by atomic mass is 10.1. The Balaban J connectivity index is 1.55. The summed E-state index contributed by atoms with van der Waals surface area (Å²) in [6, 6.07) is 12.4. The molecule has 1 aromatic carbocycles. The Labute approximate surface area is 137 Å². The van der Waals surface area contributed by atoms with Crippen LogP contribution in [0.3, 0.4) is 0 Å². The summed E-state index contributed by atoms with van der Waals surface area (Å²) in [6.45, 7) is 4.00. The summed E-state index contributed by atoms with van der Waals surface area (Å²) in [5, 5.41) is 10.3. The maximum atomic E-state index is 10.3. The van der Waals surface area contributed by atoms with Crippen molar-refractivity contribution < 1.29 is 9.84 Å². The third-order valence-corrected chi connectivity index (χ3v) is 4.42. The molecule has 1 aromatic heterocycles. The number of β-amino-alcohol motifs (C(OH)–C–C–N with tert-alkyl or cyclic N) is 1. The van der Waals surface area contributed by atoms with Gasteiger partial charge < -0.3 is 9.84 Å². The van der Waals surface area contributed by atoms with E-state index in [0.29, 0.717) is 19.2 Å². The van der Waals surface area contributed by atoms with Crippen LogP contribution >= 0.6 is 0 Å². The molecule has 2 atom stereocenters. The normalized spacial score (nSPS) is 19.7. The molecule has 2 heterocycles. The third kappa shape index (κ3) is 4.09. The first-order chi connectivity index (χ1) is 11.2. The number of aryl methyl sites for hydroxylation is 1. The van der Waals surface area contributed by atoms with Crippen molar-refractivity contribution in [1.29, 1.82) is 0 Å². The quantitative estimate of drug-likeness (QED) is 0.891. The lowest BCUT2D eigenvalue weighted by Gasteiger charge is -2.27. The number of benzene rings is 1. The molecule has 0 amide bonds. The molecule has 0 spiro atoms. The van der Waals surface area contributed by atoms with Gasteiger partial charge in [-0.25, -0.2) is 0 Å². The van der Waals surface area contributed by atoms with E-state index < -0.39 is 6.10 Å². The molecule has 0 radical (unpaired) electrons. The van der Waals surface area contributed by atoms with Crippen LogP contribution in [0, 0.1) is 6.92 Å². The lowest BCUT2D eigenvalue weighted by Crippen LogP contribution is -2.35. The fourth-order valence-electron chi connectivity index (χ4n) is 3.24. The van der Waals surface area contributed by atoms with Gasteiger partial charge in [0, 0.05) is 25.0 Å². The molecular weight excluding hydrogens is 288 g/mol. The predicted molar refractivity (Wildman–Crippen MR) is 90.5 cm³/mol. The molecule has 3 rings (SSSR count). The zero-order chi connectivity index (χ0) is 16.1. The smallest absolute Gasteiger partial charge is 0.122 e. The van der Waals surface area contributed by atoms with Gasteiger partial charge >= 0.3 is 0 Å². The van der Waals surface area contributed by atoms with E-state index in [1.165, 1.54) is 12.0 Å². The summed E-state index contributed by atoms with van der Waals surface area (Å²) in [7, 11) is 0. The molecular formula is C19H24N2O2. The summed E-state index contributed by atoms with van der Waals surface area (Å²) in [4.78, 5) is 6.43. The first-order valence-corrected chi connectivity index (χ1v) is 8.24. The number of aliphatic hydroxyl groups excluding tert-OH is 1. The molecule has 4 nitrogen and oxygen atoms in total. The van der Waals surface area contributed by atoms with Gasteiger partial charge in [-0.1, -0.05) is 18.2 Å². The van der Waals surface area contributed by atoms with E-state index >= 15 is 0 Å². The van der Waals surface area contributed by atoms with Crippen LogP contribution in [0.25, 0.3) is 0 Å². The van der Waals surface area contributed by atoms with Gasteiger partial charge in [-0.15, -0.1) is 0 Å². The minimum Gasteiger partial charge on any atom is -0.491 e. The second-order valence-electron chi connectivity index (χ2n) is 6.16. The number of nitrogens with zero attached hydrogens (tertiary/aromatic N) is 2. The number of likely N-dealkylation sites (tertiary alicyclic amines) is 1. The minimum atomic E-state index is -0.489. The fourth-order valence-corrected chi connectivity index (χ4v) is 3.24. The average Bonchev–Trinajstić information content (AvgIpc) is 3.03. The van der Waals surface area contributed by atoms with Crippen molar-refractivity contribution in [2.45, 2.75) is 31.9 Å². The van der Waals surface area contributed by atoms with Gasteiger partial charge in [0.15, 0.2) is 0 Å². The van der Waals surface area contributed by atoms with Crippen molar-refractivity contribution in [3.05, 3.63) is 59.9 Å². The molecule has 1 fully saturated rings. The number of hydrogen-bond donors (Lipinski definition) is 1. The van der Waals surface area contributed by atoms with E-state index in [0.717, 1.165) is 24.3 Å². The largest absolute Gasteiger partial charge is 0.491 e. The predicted octanol–water partition coefficient (Wildman–Crippen LogP) is 2.97. The highest BCUT2D eigenvalue weighted by Crippen LogP contribution is 2.31. The molecule has 0 bridgehead atoms. The molecule has 1 aliphatic heterocycles. The Morgan fingerprint density at radius 2 is 2.04 bits per heavy atom. The summed E-state index contributed by atoms with van der Waals surface area (Å²) in [5.74, 6) is 0.846. The van der Waals surface area contributed by atoms with Crippen LogP contribution in [0.4, 0.5) is 0 Å². The average molecular weight is 312 g/mol. The number of hydrogen-bond acceptors (Lipinski definition) is 4. The van der Waals surface area contributed by atoms with Gasteiger partial charge in [0.25, 0.3) is 0 Å². The molecule has 2 aromatic rings. The first kappa shape index (κ1) is 16.0. The number of aromatic nitrogens is 1. The highest BCUT2D eigenvalue weighted by Gasteiger charge is 2.27. The van der Waals surface area contributed by atoms with Crippen LogP contribution in [0.5, 0.6) is 5.75 Å². The van der Waals surface area contributed by atoms with E-state index in [1.54, 1.807) is 0 Å². The summed E-state index contributed by atoms with van der Waals surface area (Å²) in [6.07, 6.45) is 5.48. The number of rotatable bonds is 6. The fraction of sp³-hybridized carbons (Fsp3) is 0.421. The zero-order valence-corrected chi connectivity index (χ0v) is 13.6. The van der Waals surface area contributed by atoms with Crippen molar-refractivity contribution in [2.75, 3.05) is 19.7 Å². The zero-order valence-electron chi connectivity index (χ0n) is 13.6. The Bertz CT molecular complexity index is 618. The van der Waals surface area contributed by atoms with Gasteiger partial charge in [-0.05, 0) is 55.6 Å². The maximum Gasteiger partial charge on any atom is 0.122 e. The van der Waals surface area contributed by atoms with E-state index in [2.05, 4.69) is 22.0 Å². The Morgan fingerprint density at radius 3 is 2.83 bits per heavy atom. The lowest BCUT2D eigenvalue weighted by molar-refractivity contribution is 0.0636. The van der Waals surface area contributed by atoms with E-state index in [1.807, 2.05) is 43.6 Å². The van der Waals surface area contributed by atoms with E-state index in [4.69, 9.17) is 4.74 Å². The molecule has 4 heteroatoms. The third-order valence-electron chi connectivity index (χ3n) is 4.42. The number of aliphatic hydroxyl groups is 1. The minimum absolute atomic E-state index is 0.324. The molecule has 1 aliphatic rings. The second kappa shape index (κ2) is 7.57. The SMILES string of the molecule is Cc1ccccc1OCC(O)CN1CCCC1c1ccncc1. The van der Waals surface area contributed by atoms with Crippen LogP contribution in [0.2, 0.25) is 0 Å². The van der Waals surface area contributed by atoms with E-state index in [-0.39, 0.29) is 0 Å². The molecule has 0 aliphatic carbocycles. The summed E-state index contributed by atoms with van der Waals surface area (Å²) >= 11 is 0. The Hall–Kier alpha value is -1.91. The number of para-hydroxylation sites is 1. The molecule has 1 N–H and O–H groups in total. The van der Waals surface area contributed by atoms with Gasteiger partial charge in [0.05, 0.1) is 0 Å². The van der Waals surface area contributed by atoms with Crippen LogP contribution < -0.4 is 4.74 Å². The van der Waals surface area contributed by atoms with Crippen molar-refractivity contribution in [2.24, 2.45) is 0 Å². The van der Waals surface area contributed by atoms with Gasteiger partial charge in [0.1, 0.15) is 18.5 Å². The van der Waals surface area contributed by atoms with Gasteiger partial charge in [0.2, 0.25) is 0 Å². The Morgan fingerprint density at radius 1 is 1.26 bits per heavy atom.